The van der Waals surface area contributed by atoms with Crippen molar-refractivity contribution < 1.29 is 0 Å². The van der Waals surface area contributed by atoms with Crippen LogP contribution in [-0.2, 0) is 6.42 Å². The molecule has 0 amide bonds. The zero-order valence-electron chi connectivity index (χ0n) is 15.7. The second-order valence-electron chi connectivity index (χ2n) is 7.52. The summed E-state index contributed by atoms with van der Waals surface area (Å²) in [6.45, 7) is 6.53. The van der Waals surface area contributed by atoms with Crippen LogP contribution in [0.5, 0.6) is 0 Å². The van der Waals surface area contributed by atoms with Gasteiger partial charge in [-0.2, -0.15) is 0 Å². The van der Waals surface area contributed by atoms with Crippen molar-refractivity contribution in [3.8, 4) is 11.1 Å². The molecule has 2 heterocycles. The van der Waals surface area contributed by atoms with Gasteiger partial charge in [-0.1, -0.05) is 24.3 Å². The average molecular weight is 341 g/mol. The highest BCUT2D eigenvalue weighted by molar-refractivity contribution is 5.91. The summed E-state index contributed by atoms with van der Waals surface area (Å²) in [5.74, 6) is 0. The van der Waals surface area contributed by atoms with Gasteiger partial charge in [0.1, 0.15) is 6.17 Å². The summed E-state index contributed by atoms with van der Waals surface area (Å²) < 4.78 is 0. The van der Waals surface area contributed by atoms with Crippen LogP contribution in [0.2, 0.25) is 0 Å². The summed E-state index contributed by atoms with van der Waals surface area (Å²) >= 11 is 0. The van der Waals surface area contributed by atoms with Crippen LogP contribution in [0.3, 0.4) is 0 Å². The van der Waals surface area contributed by atoms with Crippen LogP contribution in [0.15, 0.2) is 48.5 Å². The molecule has 0 saturated carbocycles. The first-order valence-corrected chi connectivity index (χ1v) is 9.26. The molecular formula is C23H23N3. The fraction of sp³-hybridized carbons (Fsp3) is 0.261. The third kappa shape index (κ3) is 2.03. The van der Waals surface area contributed by atoms with Gasteiger partial charge in [-0.15, -0.1) is 0 Å². The van der Waals surface area contributed by atoms with Gasteiger partial charge in [0.15, 0.2) is 0 Å². The maximum atomic E-state index is 4.77. The minimum absolute atomic E-state index is 0.296. The molecule has 1 atom stereocenters. The molecule has 3 nitrogen and oxygen atoms in total. The Labute approximate surface area is 154 Å². The summed E-state index contributed by atoms with van der Waals surface area (Å²) in [7, 11) is 2.19. The summed E-state index contributed by atoms with van der Waals surface area (Å²) in [4.78, 5) is 9.61. The van der Waals surface area contributed by atoms with E-state index in [4.69, 9.17) is 4.98 Å². The molecular weight excluding hydrogens is 318 g/mol. The Kier molecular flexibility index (Phi) is 3.17. The number of rotatable bonds is 1. The van der Waals surface area contributed by atoms with Crippen molar-refractivity contribution in [3.63, 3.8) is 0 Å². The Morgan fingerprint density at radius 2 is 1.73 bits per heavy atom. The lowest BCUT2D eigenvalue weighted by molar-refractivity contribution is 0.732. The molecule has 5 rings (SSSR count). The maximum Gasteiger partial charge on any atom is 0.103 e. The van der Waals surface area contributed by atoms with Gasteiger partial charge in [0.05, 0.1) is 17.1 Å². The van der Waals surface area contributed by atoms with Gasteiger partial charge < -0.3 is 9.80 Å². The van der Waals surface area contributed by atoms with Crippen molar-refractivity contribution >= 4 is 17.1 Å². The summed E-state index contributed by atoms with van der Waals surface area (Å²) in [6, 6.07) is 17.7. The second kappa shape index (κ2) is 5.34. The lowest BCUT2D eigenvalue weighted by atomic mass is 10.0. The van der Waals surface area contributed by atoms with Crippen molar-refractivity contribution in [1.29, 1.82) is 0 Å². The Balaban J connectivity index is 1.71. The Morgan fingerprint density at radius 3 is 2.54 bits per heavy atom. The van der Waals surface area contributed by atoms with Gasteiger partial charge in [0, 0.05) is 30.4 Å². The molecule has 0 N–H and O–H groups in total. The van der Waals surface area contributed by atoms with E-state index in [9.17, 15) is 0 Å². The molecule has 1 aliphatic heterocycles. The monoisotopic (exact) mass is 341 g/mol. The fourth-order valence-corrected chi connectivity index (χ4v) is 4.40. The van der Waals surface area contributed by atoms with E-state index >= 15 is 0 Å². The lowest BCUT2D eigenvalue weighted by Crippen LogP contribution is -2.35. The fourth-order valence-electron chi connectivity index (χ4n) is 4.40. The quantitative estimate of drug-likeness (QED) is 0.474. The smallest absolute Gasteiger partial charge is 0.103 e. The average Bonchev–Trinajstić information content (AvgIpc) is 3.09. The molecule has 0 unspecified atom stereocenters. The van der Waals surface area contributed by atoms with E-state index in [1.165, 1.54) is 45.0 Å². The van der Waals surface area contributed by atoms with E-state index in [0.717, 1.165) is 12.1 Å². The number of nitrogens with zero attached hydrogens (tertiary/aromatic N) is 3. The molecule has 0 bridgehead atoms. The highest BCUT2D eigenvalue weighted by atomic mass is 15.4. The highest BCUT2D eigenvalue weighted by Gasteiger charge is 2.34. The summed E-state index contributed by atoms with van der Waals surface area (Å²) in [5.41, 5.74) is 11.5. The molecule has 2 aromatic carbocycles. The topological polar surface area (TPSA) is 19.4 Å². The molecule has 2 aliphatic rings. The molecule has 3 aromatic rings. The van der Waals surface area contributed by atoms with Gasteiger partial charge in [-0.05, 0) is 61.7 Å². The summed E-state index contributed by atoms with van der Waals surface area (Å²) in [6.07, 6.45) is 1.23. The zero-order chi connectivity index (χ0) is 18.0. The molecule has 0 spiro atoms. The summed E-state index contributed by atoms with van der Waals surface area (Å²) in [5, 5.41) is 0. The van der Waals surface area contributed by atoms with Crippen LogP contribution in [0.4, 0.5) is 17.1 Å². The number of aromatic nitrogens is 1. The van der Waals surface area contributed by atoms with Crippen molar-refractivity contribution in [2.45, 2.75) is 33.4 Å². The molecule has 130 valence electrons. The minimum Gasteiger partial charge on any atom is -0.353 e. The molecule has 26 heavy (non-hydrogen) atoms. The van der Waals surface area contributed by atoms with Gasteiger partial charge in [0.2, 0.25) is 0 Å². The van der Waals surface area contributed by atoms with E-state index in [1.54, 1.807) is 0 Å². The van der Waals surface area contributed by atoms with E-state index in [0.29, 0.717) is 6.17 Å². The van der Waals surface area contributed by atoms with E-state index in [2.05, 4.69) is 86.1 Å². The van der Waals surface area contributed by atoms with E-state index in [1.807, 2.05) is 0 Å². The lowest BCUT2D eigenvalue weighted by Gasteiger charge is -2.29. The normalized spacial score (nSPS) is 17.3. The molecule has 0 fully saturated rings. The van der Waals surface area contributed by atoms with Crippen molar-refractivity contribution in [2.75, 3.05) is 16.8 Å². The Bertz CT molecular complexity index is 1040. The van der Waals surface area contributed by atoms with Crippen LogP contribution < -0.4 is 9.80 Å². The largest absolute Gasteiger partial charge is 0.353 e. The molecule has 1 aromatic heterocycles. The van der Waals surface area contributed by atoms with Crippen LogP contribution in [0.25, 0.3) is 11.1 Å². The molecule has 0 saturated heterocycles. The number of aryl methyl sites for hydroxylation is 2. The third-order valence-electron chi connectivity index (χ3n) is 5.91. The van der Waals surface area contributed by atoms with Gasteiger partial charge >= 0.3 is 0 Å². The molecule has 1 aliphatic carbocycles. The Hall–Kier alpha value is -2.81. The highest BCUT2D eigenvalue weighted by Crippen LogP contribution is 2.49. The number of pyridine rings is 1. The number of anilines is 3. The predicted molar refractivity (Wildman–Crippen MR) is 108 cm³/mol. The third-order valence-corrected chi connectivity index (χ3v) is 5.91. The number of hydrogen-bond donors (Lipinski definition) is 0. The van der Waals surface area contributed by atoms with Crippen LogP contribution in [0, 0.1) is 13.8 Å². The van der Waals surface area contributed by atoms with Crippen molar-refractivity contribution in [2.24, 2.45) is 0 Å². The first-order chi connectivity index (χ1) is 12.5. The number of hydrogen-bond acceptors (Lipinski definition) is 3. The molecule has 3 heteroatoms. The molecule has 0 radical (unpaired) electrons. The SMILES string of the molecule is Cc1ccc2c(n1)Cc1cc3c(cc1-2)N(c1ccccc1C)[C@@H](C)N3C. The second-order valence-corrected chi connectivity index (χ2v) is 7.52. The van der Waals surface area contributed by atoms with E-state index in [-0.39, 0.29) is 0 Å². The van der Waals surface area contributed by atoms with Gasteiger partial charge in [-0.25, -0.2) is 0 Å². The first kappa shape index (κ1) is 15.4. The maximum absolute atomic E-state index is 4.77. The zero-order valence-corrected chi connectivity index (χ0v) is 15.7. The van der Waals surface area contributed by atoms with E-state index < -0.39 is 0 Å². The van der Waals surface area contributed by atoms with Crippen LogP contribution in [0.1, 0.15) is 29.4 Å². The number of benzene rings is 2. The first-order valence-electron chi connectivity index (χ1n) is 9.26. The number of para-hydroxylation sites is 1. The number of fused-ring (bicyclic) bond motifs is 4. The standard InChI is InChI=1S/C23H23N3/c1-14-7-5-6-8-21(14)26-16(3)25(4)22-12-17-11-20-18(10-9-15(2)24-20)19(17)13-23(22)26/h5-10,12-13,16H,11H2,1-4H3/t16-/m0/s1. The minimum atomic E-state index is 0.296. The van der Waals surface area contributed by atoms with Gasteiger partial charge in [0.25, 0.3) is 0 Å². The Morgan fingerprint density at radius 1 is 0.923 bits per heavy atom. The van der Waals surface area contributed by atoms with Crippen molar-refractivity contribution in [1.82, 2.24) is 4.98 Å². The predicted octanol–water partition coefficient (Wildman–Crippen LogP) is 5.20. The van der Waals surface area contributed by atoms with Gasteiger partial charge in [-0.3, -0.25) is 4.98 Å². The van der Waals surface area contributed by atoms with Crippen LogP contribution >= 0.6 is 0 Å². The van der Waals surface area contributed by atoms with Crippen molar-refractivity contribution in [3.05, 3.63) is 71.0 Å². The van der Waals surface area contributed by atoms with Crippen LogP contribution in [-0.4, -0.2) is 18.2 Å².